The maximum Gasteiger partial charge on any atom is 0.122 e. The Morgan fingerprint density at radius 2 is 1.81 bits per heavy atom. The van der Waals surface area contributed by atoms with E-state index in [1.807, 2.05) is 6.07 Å². The smallest absolute Gasteiger partial charge is 0.122 e. The molecule has 0 radical (unpaired) electrons. The molecule has 0 aromatic heterocycles. The molecule has 0 amide bonds. The van der Waals surface area contributed by atoms with E-state index in [9.17, 15) is 0 Å². The van der Waals surface area contributed by atoms with Gasteiger partial charge in [-0.25, -0.2) is 0 Å². The molecule has 1 aromatic carbocycles. The fraction of sp³-hybridized carbons (Fsp3) is 0.600. The quantitative estimate of drug-likeness (QED) is 0.703. The molecule has 90 valence electrons. The van der Waals surface area contributed by atoms with Crippen LogP contribution < -0.4 is 4.74 Å². The van der Waals surface area contributed by atoms with Crippen molar-refractivity contribution >= 4 is 0 Å². The highest BCUT2D eigenvalue weighted by molar-refractivity contribution is 5.37. The molecule has 1 atom stereocenters. The standard InChI is InChI=1S/C15H24O/c1-6-13(15(3,4)7-2)12-10-8-9-11-14(12)16-5/h8-11,13H,6-7H2,1-5H3. The Bertz CT molecular complexity index is 328. The maximum atomic E-state index is 5.47. The maximum absolute atomic E-state index is 5.47. The lowest BCUT2D eigenvalue weighted by Gasteiger charge is -2.34. The zero-order chi connectivity index (χ0) is 12.2. The van der Waals surface area contributed by atoms with Crippen LogP contribution in [0.1, 0.15) is 52.0 Å². The molecule has 0 N–H and O–H groups in total. The van der Waals surface area contributed by atoms with Gasteiger partial charge in [0.1, 0.15) is 5.75 Å². The van der Waals surface area contributed by atoms with E-state index in [2.05, 4.69) is 45.9 Å². The molecular weight excluding hydrogens is 196 g/mol. The van der Waals surface area contributed by atoms with Gasteiger partial charge in [-0.3, -0.25) is 0 Å². The van der Waals surface area contributed by atoms with E-state index in [0.29, 0.717) is 11.3 Å². The van der Waals surface area contributed by atoms with Crippen molar-refractivity contribution in [3.63, 3.8) is 0 Å². The van der Waals surface area contributed by atoms with Crippen molar-refractivity contribution in [1.82, 2.24) is 0 Å². The predicted molar refractivity (Wildman–Crippen MR) is 70.1 cm³/mol. The lowest BCUT2D eigenvalue weighted by Crippen LogP contribution is -2.21. The minimum absolute atomic E-state index is 0.323. The Morgan fingerprint density at radius 1 is 1.19 bits per heavy atom. The van der Waals surface area contributed by atoms with Crippen LogP contribution in [0.3, 0.4) is 0 Å². The summed E-state index contributed by atoms with van der Waals surface area (Å²) in [7, 11) is 1.75. The van der Waals surface area contributed by atoms with Crippen molar-refractivity contribution in [2.75, 3.05) is 7.11 Å². The normalized spacial score (nSPS) is 13.6. The summed E-state index contributed by atoms with van der Waals surface area (Å²) < 4.78 is 5.47. The fourth-order valence-electron chi connectivity index (χ4n) is 2.39. The predicted octanol–water partition coefficient (Wildman–Crippen LogP) is 4.63. The number of ether oxygens (including phenoxy) is 1. The summed E-state index contributed by atoms with van der Waals surface area (Å²) in [5, 5.41) is 0. The van der Waals surface area contributed by atoms with Gasteiger partial charge in [0.05, 0.1) is 7.11 Å². The van der Waals surface area contributed by atoms with Gasteiger partial charge < -0.3 is 4.74 Å². The Hall–Kier alpha value is -0.980. The summed E-state index contributed by atoms with van der Waals surface area (Å²) in [6.07, 6.45) is 2.34. The van der Waals surface area contributed by atoms with Crippen molar-refractivity contribution in [2.45, 2.75) is 46.5 Å². The van der Waals surface area contributed by atoms with Crippen molar-refractivity contribution in [3.05, 3.63) is 29.8 Å². The highest BCUT2D eigenvalue weighted by Crippen LogP contribution is 2.43. The summed E-state index contributed by atoms with van der Waals surface area (Å²) in [6, 6.07) is 8.40. The van der Waals surface area contributed by atoms with Crippen LogP contribution in [-0.2, 0) is 0 Å². The summed E-state index contributed by atoms with van der Waals surface area (Å²) in [5.41, 5.74) is 1.67. The average Bonchev–Trinajstić information content (AvgIpc) is 2.30. The number of hydrogen-bond acceptors (Lipinski definition) is 1. The van der Waals surface area contributed by atoms with Gasteiger partial charge >= 0.3 is 0 Å². The number of hydrogen-bond donors (Lipinski definition) is 0. The van der Waals surface area contributed by atoms with Gasteiger partial charge in [0.15, 0.2) is 0 Å². The van der Waals surface area contributed by atoms with Gasteiger partial charge in [-0.15, -0.1) is 0 Å². The second-order valence-electron chi connectivity index (χ2n) is 5.04. The van der Waals surface area contributed by atoms with Crippen LogP contribution in [0.15, 0.2) is 24.3 Å². The van der Waals surface area contributed by atoms with Crippen LogP contribution in [0, 0.1) is 5.41 Å². The first kappa shape index (κ1) is 13.1. The largest absolute Gasteiger partial charge is 0.496 e. The van der Waals surface area contributed by atoms with Crippen LogP contribution in [0.2, 0.25) is 0 Å². The molecule has 0 aliphatic heterocycles. The molecule has 1 aromatic rings. The molecule has 1 unspecified atom stereocenters. The molecule has 16 heavy (non-hydrogen) atoms. The van der Waals surface area contributed by atoms with Crippen molar-refractivity contribution in [1.29, 1.82) is 0 Å². The first-order valence-corrected chi connectivity index (χ1v) is 6.19. The number of para-hydroxylation sites is 1. The van der Waals surface area contributed by atoms with Gasteiger partial charge in [0.2, 0.25) is 0 Å². The lowest BCUT2D eigenvalue weighted by molar-refractivity contribution is 0.260. The monoisotopic (exact) mass is 220 g/mol. The Morgan fingerprint density at radius 3 is 2.31 bits per heavy atom. The number of methoxy groups -OCH3 is 1. The van der Waals surface area contributed by atoms with E-state index in [4.69, 9.17) is 4.74 Å². The van der Waals surface area contributed by atoms with Gasteiger partial charge in [-0.05, 0) is 29.4 Å². The van der Waals surface area contributed by atoms with E-state index >= 15 is 0 Å². The Kier molecular flexibility index (Phi) is 4.40. The van der Waals surface area contributed by atoms with Crippen molar-refractivity contribution in [3.8, 4) is 5.75 Å². The van der Waals surface area contributed by atoms with Crippen LogP contribution in [0.4, 0.5) is 0 Å². The van der Waals surface area contributed by atoms with Crippen LogP contribution >= 0.6 is 0 Å². The molecule has 1 rings (SSSR count). The second-order valence-corrected chi connectivity index (χ2v) is 5.04. The molecule has 0 saturated heterocycles. The Labute approximate surface area is 99.8 Å². The highest BCUT2D eigenvalue weighted by atomic mass is 16.5. The molecule has 0 saturated carbocycles. The van der Waals surface area contributed by atoms with E-state index in [1.54, 1.807) is 7.11 Å². The van der Waals surface area contributed by atoms with Gasteiger partial charge in [0.25, 0.3) is 0 Å². The summed E-state index contributed by atoms with van der Waals surface area (Å²) in [5.74, 6) is 1.59. The molecule has 0 bridgehead atoms. The third-order valence-electron chi connectivity index (χ3n) is 3.78. The van der Waals surface area contributed by atoms with Crippen LogP contribution in [0.5, 0.6) is 5.75 Å². The van der Waals surface area contributed by atoms with E-state index in [-0.39, 0.29) is 0 Å². The zero-order valence-electron chi connectivity index (χ0n) is 11.2. The zero-order valence-corrected chi connectivity index (χ0v) is 11.2. The van der Waals surface area contributed by atoms with Gasteiger partial charge in [-0.2, -0.15) is 0 Å². The highest BCUT2D eigenvalue weighted by Gasteiger charge is 2.29. The molecule has 0 heterocycles. The lowest BCUT2D eigenvalue weighted by atomic mass is 9.71. The third-order valence-corrected chi connectivity index (χ3v) is 3.78. The number of rotatable bonds is 5. The number of benzene rings is 1. The molecule has 1 heteroatoms. The van der Waals surface area contributed by atoms with E-state index in [0.717, 1.165) is 12.2 Å². The third kappa shape index (κ3) is 2.58. The van der Waals surface area contributed by atoms with Crippen molar-refractivity contribution < 1.29 is 4.74 Å². The first-order valence-electron chi connectivity index (χ1n) is 6.19. The topological polar surface area (TPSA) is 9.23 Å². The average molecular weight is 220 g/mol. The first-order chi connectivity index (χ1) is 7.56. The second kappa shape index (κ2) is 5.38. The minimum atomic E-state index is 0.323. The van der Waals surface area contributed by atoms with Crippen LogP contribution in [-0.4, -0.2) is 7.11 Å². The summed E-state index contributed by atoms with van der Waals surface area (Å²) >= 11 is 0. The van der Waals surface area contributed by atoms with E-state index in [1.165, 1.54) is 12.0 Å². The van der Waals surface area contributed by atoms with Gasteiger partial charge in [-0.1, -0.05) is 52.3 Å². The fourth-order valence-corrected chi connectivity index (χ4v) is 2.39. The molecule has 0 spiro atoms. The molecule has 1 nitrogen and oxygen atoms in total. The van der Waals surface area contributed by atoms with Crippen molar-refractivity contribution in [2.24, 2.45) is 5.41 Å². The van der Waals surface area contributed by atoms with Crippen LogP contribution in [0.25, 0.3) is 0 Å². The summed E-state index contributed by atoms with van der Waals surface area (Å²) in [6.45, 7) is 9.20. The molecule has 0 aliphatic carbocycles. The van der Waals surface area contributed by atoms with E-state index < -0.39 is 0 Å². The van der Waals surface area contributed by atoms with Gasteiger partial charge in [0, 0.05) is 0 Å². The Balaban J connectivity index is 3.13. The molecule has 0 aliphatic rings. The molecular formula is C15H24O. The molecule has 0 fully saturated rings. The summed E-state index contributed by atoms with van der Waals surface area (Å²) in [4.78, 5) is 0. The minimum Gasteiger partial charge on any atom is -0.496 e. The SMILES string of the molecule is CCC(c1ccccc1OC)C(C)(C)CC.